The molecule has 0 aliphatic rings. The van der Waals surface area contributed by atoms with Crippen molar-refractivity contribution < 1.29 is 4.39 Å². The standard InChI is InChI=1S/C8H6FN3/c9-6-1-2-7(10)5-3-11-4-12-8(5)6/h1-4H,10H2. The van der Waals surface area contributed by atoms with Crippen LogP contribution >= 0.6 is 0 Å². The summed E-state index contributed by atoms with van der Waals surface area (Å²) in [6, 6.07) is 2.80. The monoisotopic (exact) mass is 163 g/mol. The van der Waals surface area contributed by atoms with E-state index in [1.807, 2.05) is 0 Å². The lowest BCUT2D eigenvalue weighted by molar-refractivity contribution is 0.636. The molecule has 0 unspecified atom stereocenters. The van der Waals surface area contributed by atoms with Crippen molar-refractivity contribution in [2.45, 2.75) is 0 Å². The van der Waals surface area contributed by atoms with Crippen molar-refractivity contribution in [3.8, 4) is 0 Å². The third kappa shape index (κ3) is 0.887. The first-order chi connectivity index (χ1) is 5.79. The van der Waals surface area contributed by atoms with Gasteiger partial charge in [0, 0.05) is 17.3 Å². The number of rotatable bonds is 0. The van der Waals surface area contributed by atoms with Crippen molar-refractivity contribution in [1.82, 2.24) is 9.97 Å². The van der Waals surface area contributed by atoms with Gasteiger partial charge in [0.05, 0.1) is 0 Å². The SMILES string of the molecule is Nc1ccc(F)c2ncncc12. The number of hydrogen-bond acceptors (Lipinski definition) is 3. The van der Waals surface area contributed by atoms with Gasteiger partial charge < -0.3 is 5.73 Å². The van der Waals surface area contributed by atoms with E-state index < -0.39 is 0 Å². The van der Waals surface area contributed by atoms with Gasteiger partial charge in [-0.2, -0.15) is 0 Å². The maximum atomic E-state index is 13.0. The molecule has 0 radical (unpaired) electrons. The van der Waals surface area contributed by atoms with Crippen molar-refractivity contribution in [1.29, 1.82) is 0 Å². The Balaban J connectivity index is 2.95. The number of fused-ring (bicyclic) bond motifs is 1. The van der Waals surface area contributed by atoms with Gasteiger partial charge in [-0.15, -0.1) is 0 Å². The minimum Gasteiger partial charge on any atom is -0.398 e. The largest absolute Gasteiger partial charge is 0.398 e. The summed E-state index contributed by atoms with van der Waals surface area (Å²) in [5.74, 6) is -0.374. The second-order valence-electron chi connectivity index (χ2n) is 2.42. The number of halogens is 1. The highest BCUT2D eigenvalue weighted by Gasteiger charge is 2.03. The Kier molecular flexibility index (Phi) is 1.40. The van der Waals surface area contributed by atoms with Crippen LogP contribution < -0.4 is 5.73 Å². The fraction of sp³-hybridized carbons (Fsp3) is 0. The molecule has 1 aromatic carbocycles. The Labute approximate surface area is 68.1 Å². The van der Waals surface area contributed by atoms with E-state index in [1.54, 1.807) is 0 Å². The predicted octanol–water partition coefficient (Wildman–Crippen LogP) is 1.35. The number of aromatic nitrogens is 2. The molecule has 0 aliphatic heterocycles. The molecule has 0 aliphatic carbocycles. The zero-order valence-corrected chi connectivity index (χ0v) is 6.16. The minimum absolute atomic E-state index is 0.269. The van der Waals surface area contributed by atoms with Crippen LogP contribution in [0.25, 0.3) is 10.9 Å². The predicted molar refractivity (Wildman–Crippen MR) is 43.9 cm³/mol. The van der Waals surface area contributed by atoms with Crippen molar-refractivity contribution in [2.24, 2.45) is 0 Å². The molecule has 4 heteroatoms. The molecule has 60 valence electrons. The molecule has 3 nitrogen and oxygen atoms in total. The summed E-state index contributed by atoms with van der Waals surface area (Å²) >= 11 is 0. The minimum atomic E-state index is -0.374. The molecule has 2 aromatic rings. The molecule has 0 saturated carbocycles. The molecule has 0 spiro atoms. The van der Waals surface area contributed by atoms with Gasteiger partial charge in [-0.25, -0.2) is 14.4 Å². The molecule has 1 aromatic heterocycles. The Morgan fingerprint density at radius 2 is 2.17 bits per heavy atom. The highest BCUT2D eigenvalue weighted by atomic mass is 19.1. The van der Waals surface area contributed by atoms with Gasteiger partial charge in [0.25, 0.3) is 0 Å². The third-order valence-electron chi connectivity index (χ3n) is 1.66. The van der Waals surface area contributed by atoms with Gasteiger partial charge in [0.15, 0.2) is 0 Å². The topological polar surface area (TPSA) is 51.8 Å². The van der Waals surface area contributed by atoms with Gasteiger partial charge in [-0.05, 0) is 12.1 Å². The number of nitrogens with zero attached hydrogens (tertiary/aromatic N) is 2. The van der Waals surface area contributed by atoms with Gasteiger partial charge in [0.2, 0.25) is 0 Å². The highest BCUT2D eigenvalue weighted by Crippen LogP contribution is 2.19. The normalized spacial score (nSPS) is 10.4. The van der Waals surface area contributed by atoms with Crippen LogP contribution in [-0.2, 0) is 0 Å². The molecule has 0 saturated heterocycles. The molecular weight excluding hydrogens is 157 g/mol. The molecule has 0 bridgehead atoms. The average Bonchev–Trinajstić information content (AvgIpc) is 2.12. The molecule has 2 rings (SSSR count). The van der Waals surface area contributed by atoms with Gasteiger partial charge in [-0.1, -0.05) is 0 Å². The Hall–Kier alpha value is -1.71. The fourth-order valence-corrected chi connectivity index (χ4v) is 1.06. The molecule has 0 atom stereocenters. The van der Waals surface area contributed by atoms with Crippen molar-refractivity contribution >= 4 is 16.6 Å². The lowest BCUT2D eigenvalue weighted by Crippen LogP contribution is -1.91. The Bertz CT molecular complexity index is 387. The van der Waals surface area contributed by atoms with Crippen molar-refractivity contribution in [3.63, 3.8) is 0 Å². The highest BCUT2D eigenvalue weighted by molar-refractivity contribution is 5.89. The summed E-state index contributed by atoms with van der Waals surface area (Å²) in [6.07, 6.45) is 2.80. The van der Waals surface area contributed by atoms with E-state index in [-0.39, 0.29) is 11.3 Å². The zero-order chi connectivity index (χ0) is 8.55. The summed E-state index contributed by atoms with van der Waals surface area (Å²) in [5, 5.41) is 0.553. The van der Waals surface area contributed by atoms with Crippen molar-refractivity contribution in [2.75, 3.05) is 5.73 Å². The first-order valence-corrected chi connectivity index (χ1v) is 3.43. The number of nitrogens with two attached hydrogens (primary N) is 1. The van der Waals surface area contributed by atoms with Crippen LogP contribution in [0, 0.1) is 5.82 Å². The summed E-state index contributed by atoms with van der Waals surface area (Å²) in [5.41, 5.74) is 6.34. The van der Waals surface area contributed by atoms with Crippen LogP contribution in [0.5, 0.6) is 0 Å². The van der Waals surface area contributed by atoms with E-state index in [1.165, 1.54) is 24.7 Å². The van der Waals surface area contributed by atoms with E-state index in [9.17, 15) is 4.39 Å². The van der Waals surface area contributed by atoms with E-state index in [2.05, 4.69) is 9.97 Å². The van der Waals surface area contributed by atoms with Crippen LogP contribution in [-0.4, -0.2) is 9.97 Å². The van der Waals surface area contributed by atoms with Crippen LogP contribution in [0.1, 0.15) is 0 Å². The summed E-state index contributed by atoms with van der Waals surface area (Å²) < 4.78 is 13.0. The average molecular weight is 163 g/mol. The van der Waals surface area contributed by atoms with Crippen LogP contribution in [0.4, 0.5) is 10.1 Å². The number of anilines is 1. The fourth-order valence-electron chi connectivity index (χ4n) is 1.06. The van der Waals surface area contributed by atoms with Crippen LogP contribution in [0.2, 0.25) is 0 Å². The second-order valence-corrected chi connectivity index (χ2v) is 2.42. The van der Waals surface area contributed by atoms with E-state index in [0.717, 1.165) is 0 Å². The Morgan fingerprint density at radius 1 is 1.33 bits per heavy atom. The smallest absolute Gasteiger partial charge is 0.149 e. The molecule has 2 N–H and O–H groups in total. The molecular formula is C8H6FN3. The molecule has 0 fully saturated rings. The molecule has 0 amide bonds. The number of nitrogen functional groups attached to an aromatic ring is 1. The van der Waals surface area contributed by atoms with Gasteiger partial charge in [-0.3, -0.25) is 0 Å². The Morgan fingerprint density at radius 3 is 2.92 bits per heavy atom. The lowest BCUT2D eigenvalue weighted by Gasteiger charge is -1.99. The molecule has 12 heavy (non-hydrogen) atoms. The quantitative estimate of drug-likeness (QED) is 0.596. The third-order valence-corrected chi connectivity index (χ3v) is 1.66. The summed E-state index contributed by atoms with van der Waals surface area (Å²) in [4.78, 5) is 7.53. The summed E-state index contributed by atoms with van der Waals surface area (Å²) in [7, 11) is 0. The van der Waals surface area contributed by atoms with E-state index >= 15 is 0 Å². The maximum absolute atomic E-state index is 13.0. The van der Waals surface area contributed by atoms with E-state index in [4.69, 9.17) is 5.73 Å². The first kappa shape index (κ1) is 6.97. The number of benzene rings is 1. The lowest BCUT2D eigenvalue weighted by atomic mass is 10.2. The molecule has 1 heterocycles. The van der Waals surface area contributed by atoms with Crippen LogP contribution in [0.15, 0.2) is 24.7 Å². The van der Waals surface area contributed by atoms with Crippen LogP contribution in [0.3, 0.4) is 0 Å². The number of hydrogen-bond donors (Lipinski definition) is 1. The summed E-state index contributed by atoms with van der Waals surface area (Å²) in [6.45, 7) is 0. The van der Waals surface area contributed by atoms with E-state index in [0.29, 0.717) is 11.1 Å². The van der Waals surface area contributed by atoms with Gasteiger partial charge in [0.1, 0.15) is 17.7 Å². The zero-order valence-electron chi connectivity index (χ0n) is 6.16. The van der Waals surface area contributed by atoms with Crippen molar-refractivity contribution in [3.05, 3.63) is 30.5 Å². The second kappa shape index (κ2) is 2.41. The maximum Gasteiger partial charge on any atom is 0.149 e. The van der Waals surface area contributed by atoms with Gasteiger partial charge >= 0.3 is 0 Å². The first-order valence-electron chi connectivity index (χ1n) is 3.43.